The van der Waals surface area contributed by atoms with Gasteiger partial charge in [0.25, 0.3) is 0 Å². The maximum atomic E-state index is 5.71. The Bertz CT molecular complexity index is 624. The maximum Gasteiger partial charge on any atom is 0.163 e. The molecule has 27 heavy (non-hydrogen) atoms. The Kier molecular flexibility index (Phi) is 6.05. The Labute approximate surface area is 162 Å². The maximum absolute atomic E-state index is 5.71. The van der Waals surface area contributed by atoms with Crippen molar-refractivity contribution < 1.29 is 9.47 Å². The molecule has 3 heterocycles. The summed E-state index contributed by atoms with van der Waals surface area (Å²) in [7, 11) is 0. The van der Waals surface area contributed by atoms with Crippen molar-refractivity contribution in [2.45, 2.75) is 57.7 Å². The molecule has 150 valence electrons. The van der Waals surface area contributed by atoms with Gasteiger partial charge in [-0.05, 0) is 50.3 Å². The summed E-state index contributed by atoms with van der Waals surface area (Å²) >= 11 is 0. The van der Waals surface area contributed by atoms with E-state index in [2.05, 4.69) is 47.0 Å². The van der Waals surface area contributed by atoms with E-state index in [0.717, 1.165) is 36.2 Å². The van der Waals surface area contributed by atoms with Crippen LogP contribution in [-0.2, 0) is 0 Å². The highest BCUT2D eigenvalue weighted by Crippen LogP contribution is 2.33. The number of hydrazine groups is 1. The fraction of sp³-hybridized carbons (Fsp3) is 0.714. The van der Waals surface area contributed by atoms with Gasteiger partial charge in [-0.2, -0.15) is 0 Å². The predicted molar refractivity (Wildman–Crippen MR) is 108 cm³/mol. The smallest absolute Gasteiger partial charge is 0.163 e. The molecule has 0 bridgehead atoms. The minimum Gasteiger partial charge on any atom is -0.486 e. The van der Waals surface area contributed by atoms with Crippen molar-refractivity contribution in [2.75, 3.05) is 38.2 Å². The van der Waals surface area contributed by atoms with Crippen molar-refractivity contribution in [3.05, 3.63) is 18.2 Å². The van der Waals surface area contributed by atoms with Gasteiger partial charge in [-0.3, -0.25) is 15.8 Å². The first-order valence-corrected chi connectivity index (χ1v) is 10.6. The zero-order chi connectivity index (χ0) is 18.6. The molecular formula is C21H34N4O2. The number of likely N-dealkylation sites (tertiary alicyclic amines) is 1. The number of nitrogens with one attached hydrogen (secondary N) is 3. The number of nitrogens with zero attached hydrogens (tertiary/aromatic N) is 1. The van der Waals surface area contributed by atoms with E-state index in [0.29, 0.717) is 31.3 Å². The summed E-state index contributed by atoms with van der Waals surface area (Å²) in [5.41, 5.74) is 8.13. The average molecular weight is 375 g/mol. The summed E-state index contributed by atoms with van der Waals surface area (Å²) < 4.78 is 11.3. The molecule has 6 nitrogen and oxygen atoms in total. The highest BCUT2D eigenvalue weighted by atomic mass is 16.6. The number of hydrogen-bond acceptors (Lipinski definition) is 6. The van der Waals surface area contributed by atoms with Crippen molar-refractivity contribution in [2.24, 2.45) is 5.92 Å². The molecule has 4 rings (SSSR count). The van der Waals surface area contributed by atoms with E-state index >= 15 is 0 Å². The molecule has 3 unspecified atom stereocenters. The lowest BCUT2D eigenvalue weighted by Crippen LogP contribution is -2.47. The molecule has 0 aliphatic carbocycles. The molecule has 3 aliphatic heterocycles. The van der Waals surface area contributed by atoms with E-state index in [9.17, 15) is 0 Å². The van der Waals surface area contributed by atoms with Crippen molar-refractivity contribution in [3.8, 4) is 11.5 Å². The third-order valence-electron chi connectivity index (χ3n) is 5.71. The number of hydrogen-bond donors (Lipinski definition) is 3. The first kappa shape index (κ1) is 18.8. The lowest BCUT2D eigenvalue weighted by molar-refractivity contribution is 0.171. The van der Waals surface area contributed by atoms with Gasteiger partial charge < -0.3 is 14.8 Å². The van der Waals surface area contributed by atoms with Crippen molar-refractivity contribution >= 4 is 5.69 Å². The zero-order valence-corrected chi connectivity index (χ0v) is 16.7. The summed E-state index contributed by atoms with van der Waals surface area (Å²) in [5, 5.41) is 3.71. The van der Waals surface area contributed by atoms with Crippen molar-refractivity contribution in [3.63, 3.8) is 0 Å². The van der Waals surface area contributed by atoms with Crippen LogP contribution in [0.25, 0.3) is 0 Å². The lowest BCUT2D eigenvalue weighted by Gasteiger charge is -2.35. The second-order valence-corrected chi connectivity index (χ2v) is 8.65. The average Bonchev–Trinajstić information content (AvgIpc) is 3.08. The van der Waals surface area contributed by atoms with E-state index in [4.69, 9.17) is 9.47 Å². The van der Waals surface area contributed by atoms with Crippen molar-refractivity contribution in [1.82, 2.24) is 15.8 Å². The standard InChI is InChI=1S/C21H34N4O2/c1-15(2)10-18-11-19(24-23-18)14-25-7-3-4-17(13-25)22-16-5-6-20-21(12-16)27-9-8-26-20/h5-6,12,15,17-19,22-24H,3-4,7-11,13-14H2,1-2H3. The second-order valence-electron chi connectivity index (χ2n) is 8.65. The van der Waals surface area contributed by atoms with Gasteiger partial charge in [0.2, 0.25) is 0 Å². The van der Waals surface area contributed by atoms with Gasteiger partial charge >= 0.3 is 0 Å². The highest BCUT2D eigenvalue weighted by molar-refractivity contribution is 5.55. The lowest BCUT2D eigenvalue weighted by atomic mass is 9.99. The van der Waals surface area contributed by atoms with E-state index in [-0.39, 0.29) is 0 Å². The molecule has 2 saturated heterocycles. The van der Waals surface area contributed by atoms with Crippen LogP contribution in [0.5, 0.6) is 11.5 Å². The van der Waals surface area contributed by atoms with Crippen LogP contribution in [0.3, 0.4) is 0 Å². The summed E-state index contributed by atoms with van der Waals surface area (Å²) in [6.45, 7) is 9.30. The van der Waals surface area contributed by atoms with Crippen LogP contribution in [-0.4, -0.2) is 55.9 Å². The van der Waals surface area contributed by atoms with Crippen LogP contribution in [0, 0.1) is 5.92 Å². The number of piperidine rings is 1. The third-order valence-corrected chi connectivity index (χ3v) is 5.71. The SMILES string of the molecule is CC(C)CC1CC(CN2CCCC(Nc3ccc4c(c3)OCCO4)C2)NN1. The predicted octanol–water partition coefficient (Wildman–Crippen LogP) is 2.62. The van der Waals surface area contributed by atoms with Gasteiger partial charge in [-0.15, -0.1) is 0 Å². The van der Waals surface area contributed by atoms with Crippen molar-refractivity contribution in [1.29, 1.82) is 0 Å². The van der Waals surface area contributed by atoms with Gasteiger partial charge in [0.15, 0.2) is 11.5 Å². The molecule has 3 atom stereocenters. The number of fused-ring (bicyclic) bond motifs is 1. The third kappa shape index (κ3) is 5.06. The molecule has 2 fully saturated rings. The Balaban J connectivity index is 1.27. The first-order valence-electron chi connectivity index (χ1n) is 10.6. The molecule has 3 N–H and O–H groups in total. The fourth-order valence-electron chi connectivity index (χ4n) is 4.56. The number of benzene rings is 1. The second kappa shape index (κ2) is 8.67. The first-order chi connectivity index (χ1) is 13.2. The van der Waals surface area contributed by atoms with E-state index < -0.39 is 0 Å². The number of rotatable bonds is 6. The molecule has 1 aromatic carbocycles. The Morgan fingerprint density at radius 3 is 2.81 bits per heavy atom. The molecule has 6 heteroatoms. The van der Waals surface area contributed by atoms with Gasteiger partial charge in [0.05, 0.1) is 0 Å². The largest absolute Gasteiger partial charge is 0.486 e. The molecule has 0 spiro atoms. The van der Waals surface area contributed by atoms with E-state index in [1.165, 1.54) is 32.2 Å². The Hall–Kier alpha value is -1.50. The van der Waals surface area contributed by atoms with Gasteiger partial charge in [-0.1, -0.05) is 13.8 Å². The molecular weight excluding hydrogens is 340 g/mol. The molecule has 0 radical (unpaired) electrons. The summed E-state index contributed by atoms with van der Waals surface area (Å²) in [6.07, 6.45) is 4.95. The fourth-order valence-corrected chi connectivity index (χ4v) is 4.56. The summed E-state index contributed by atoms with van der Waals surface area (Å²) in [5.74, 6) is 2.46. The van der Waals surface area contributed by atoms with Gasteiger partial charge in [0.1, 0.15) is 13.2 Å². The topological polar surface area (TPSA) is 57.8 Å². The highest BCUT2D eigenvalue weighted by Gasteiger charge is 2.28. The van der Waals surface area contributed by atoms with E-state index in [1.807, 2.05) is 6.07 Å². The molecule has 1 aromatic rings. The monoisotopic (exact) mass is 374 g/mol. The molecule has 0 amide bonds. The minimum atomic E-state index is 0.488. The van der Waals surface area contributed by atoms with Crippen LogP contribution in [0.15, 0.2) is 18.2 Å². The minimum absolute atomic E-state index is 0.488. The molecule has 0 saturated carbocycles. The zero-order valence-electron chi connectivity index (χ0n) is 16.7. The molecule has 3 aliphatic rings. The quantitative estimate of drug-likeness (QED) is 0.712. The molecule has 0 aromatic heterocycles. The summed E-state index contributed by atoms with van der Waals surface area (Å²) in [6, 6.07) is 7.86. The van der Waals surface area contributed by atoms with Crippen LogP contribution in [0.1, 0.15) is 39.5 Å². The Morgan fingerprint density at radius 1 is 1.15 bits per heavy atom. The number of ether oxygens (including phenoxy) is 2. The van der Waals surface area contributed by atoms with Crippen LogP contribution in [0.2, 0.25) is 0 Å². The van der Waals surface area contributed by atoms with Crippen LogP contribution in [0.4, 0.5) is 5.69 Å². The van der Waals surface area contributed by atoms with Crippen LogP contribution < -0.4 is 25.6 Å². The van der Waals surface area contributed by atoms with E-state index in [1.54, 1.807) is 0 Å². The Morgan fingerprint density at radius 2 is 1.96 bits per heavy atom. The van der Waals surface area contributed by atoms with Gasteiger partial charge in [0, 0.05) is 43.0 Å². The van der Waals surface area contributed by atoms with Gasteiger partial charge in [-0.25, -0.2) is 0 Å². The summed E-state index contributed by atoms with van der Waals surface area (Å²) in [4.78, 5) is 2.61. The number of anilines is 1. The van der Waals surface area contributed by atoms with Crippen LogP contribution >= 0.6 is 0 Å². The normalized spacial score (nSPS) is 28.5.